The first-order valence-corrected chi connectivity index (χ1v) is 7.65. The van der Waals surface area contributed by atoms with E-state index in [2.05, 4.69) is 10.3 Å². The van der Waals surface area contributed by atoms with Gasteiger partial charge in [-0.25, -0.2) is 9.78 Å². The molecule has 136 valence electrons. The lowest BCUT2D eigenvalue weighted by atomic mass is 9.96. The maximum atomic E-state index is 13.2. The Balaban J connectivity index is 2.36. The summed E-state index contributed by atoms with van der Waals surface area (Å²) in [6, 6.07) is 5.92. The number of aliphatic carboxylic acids is 1. The van der Waals surface area contributed by atoms with Gasteiger partial charge in [-0.3, -0.25) is 4.79 Å². The molecule has 0 radical (unpaired) electrons. The van der Waals surface area contributed by atoms with E-state index in [-0.39, 0.29) is 17.5 Å². The minimum atomic E-state index is -4.74. The van der Waals surface area contributed by atoms with Gasteiger partial charge in [0.15, 0.2) is 0 Å². The minimum absolute atomic E-state index is 0.108. The van der Waals surface area contributed by atoms with Crippen molar-refractivity contribution in [3.05, 3.63) is 30.1 Å². The van der Waals surface area contributed by atoms with Crippen molar-refractivity contribution in [1.29, 1.82) is 0 Å². The number of para-hydroxylation sites is 2. The number of carbonyl (C=O) groups is 2. The fourth-order valence-corrected chi connectivity index (χ4v) is 2.67. The highest BCUT2D eigenvalue weighted by atomic mass is 19.4. The van der Waals surface area contributed by atoms with Crippen molar-refractivity contribution in [3.63, 3.8) is 0 Å². The normalized spacial score (nSPS) is 14.3. The second-order valence-corrected chi connectivity index (χ2v) is 5.94. The molecular weight excluding hydrogens is 339 g/mol. The van der Waals surface area contributed by atoms with Gasteiger partial charge in [0.25, 0.3) is 0 Å². The molecule has 1 aromatic carbocycles. The lowest BCUT2D eigenvalue weighted by Crippen LogP contribution is -2.53. The largest absolute Gasteiger partial charge is 0.480 e. The third-order valence-electron chi connectivity index (χ3n) is 3.85. The number of rotatable bonds is 6. The maximum Gasteiger partial charge on any atom is 0.449 e. The summed E-state index contributed by atoms with van der Waals surface area (Å²) in [5, 5.41) is 11.6. The minimum Gasteiger partial charge on any atom is -0.480 e. The van der Waals surface area contributed by atoms with E-state index in [1.54, 1.807) is 13.0 Å². The number of carboxylic acids is 1. The summed E-state index contributed by atoms with van der Waals surface area (Å²) >= 11 is 0. The number of benzene rings is 1. The van der Waals surface area contributed by atoms with Crippen LogP contribution in [0, 0.1) is 0 Å². The Morgan fingerprint density at radius 3 is 2.48 bits per heavy atom. The fourth-order valence-electron chi connectivity index (χ4n) is 2.67. The van der Waals surface area contributed by atoms with Gasteiger partial charge in [-0.15, -0.1) is 0 Å². The molecule has 0 aliphatic rings. The van der Waals surface area contributed by atoms with Crippen LogP contribution >= 0.6 is 0 Å². The number of alkyl halides is 3. The summed E-state index contributed by atoms with van der Waals surface area (Å²) in [5.74, 6) is -3.27. The number of nitrogens with zero attached hydrogens (tertiary/aromatic N) is 2. The molecule has 2 rings (SSSR count). The van der Waals surface area contributed by atoms with Gasteiger partial charge >= 0.3 is 12.1 Å². The van der Waals surface area contributed by atoms with Gasteiger partial charge < -0.3 is 15.0 Å². The van der Waals surface area contributed by atoms with E-state index in [4.69, 9.17) is 0 Å². The van der Waals surface area contributed by atoms with Crippen molar-refractivity contribution in [2.45, 2.75) is 44.9 Å². The Labute approximate surface area is 141 Å². The number of aromatic nitrogens is 2. The molecule has 0 saturated carbocycles. The smallest absolute Gasteiger partial charge is 0.449 e. The highest BCUT2D eigenvalue weighted by Crippen LogP contribution is 2.31. The molecule has 2 aromatic rings. The van der Waals surface area contributed by atoms with Gasteiger partial charge in [0.05, 0.1) is 11.0 Å². The molecule has 1 amide bonds. The molecule has 1 unspecified atom stereocenters. The molecule has 0 bridgehead atoms. The van der Waals surface area contributed by atoms with E-state index in [0.29, 0.717) is 6.42 Å². The number of imidazole rings is 1. The highest BCUT2D eigenvalue weighted by Gasteiger charge is 2.39. The summed E-state index contributed by atoms with van der Waals surface area (Å²) in [4.78, 5) is 27.2. The SMILES string of the molecule is CCCC(C)(NC(=O)Cn1c(C(F)(F)F)nc2ccccc21)C(=O)O. The van der Waals surface area contributed by atoms with Crippen molar-refractivity contribution in [1.82, 2.24) is 14.9 Å². The van der Waals surface area contributed by atoms with Crippen LogP contribution in [0.25, 0.3) is 11.0 Å². The van der Waals surface area contributed by atoms with Gasteiger partial charge in [-0.05, 0) is 25.5 Å². The van der Waals surface area contributed by atoms with E-state index < -0.39 is 36.0 Å². The van der Waals surface area contributed by atoms with E-state index in [1.165, 1.54) is 25.1 Å². The van der Waals surface area contributed by atoms with Crippen molar-refractivity contribution < 1.29 is 27.9 Å². The van der Waals surface area contributed by atoms with Crippen LogP contribution in [0.1, 0.15) is 32.5 Å². The molecule has 0 aliphatic carbocycles. The van der Waals surface area contributed by atoms with E-state index in [1.807, 2.05) is 0 Å². The van der Waals surface area contributed by atoms with Gasteiger partial charge in [0.1, 0.15) is 12.1 Å². The molecule has 0 saturated heterocycles. The van der Waals surface area contributed by atoms with Crippen LogP contribution < -0.4 is 5.32 Å². The molecule has 2 N–H and O–H groups in total. The first-order chi connectivity index (χ1) is 11.6. The Hall–Kier alpha value is -2.58. The van der Waals surface area contributed by atoms with Crippen LogP contribution in [-0.2, 0) is 22.3 Å². The first-order valence-electron chi connectivity index (χ1n) is 7.65. The summed E-state index contributed by atoms with van der Waals surface area (Å²) in [6.07, 6.45) is -4.09. The fraction of sp³-hybridized carbons (Fsp3) is 0.438. The Morgan fingerprint density at radius 2 is 1.92 bits per heavy atom. The Bertz CT molecular complexity index is 801. The topological polar surface area (TPSA) is 84.2 Å². The number of hydrogen-bond acceptors (Lipinski definition) is 3. The Morgan fingerprint density at radius 1 is 1.28 bits per heavy atom. The van der Waals surface area contributed by atoms with Crippen LogP contribution in [0.15, 0.2) is 24.3 Å². The third kappa shape index (κ3) is 3.92. The lowest BCUT2D eigenvalue weighted by Gasteiger charge is -2.26. The molecule has 6 nitrogen and oxygen atoms in total. The van der Waals surface area contributed by atoms with Crippen LogP contribution in [-0.4, -0.2) is 32.1 Å². The summed E-state index contributed by atoms with van der Waals surface area (Å²) in [5.41, 5.74) is -1.28. The molecule has 1 atom stereocenters. The second kappa shape index (κ2) is 6.73. The second-order valence-electron chi connectivity index (χ2n) is 5.94. The van der Waals surface area contributed by atoms with Crippen molar-refractivity contribution in [2.75, 3.05) is 0 Å². The average Bonchev–Trinajstić information content (AvgIpc) is 2.86. The number of halogens is 3. The standard InChI is InChI=1S/C16H18F3N3O3/c1-3-8-15(2,14(24)25)21-12(23)9-22-11-7-5-4-6-10(11)20-13(22)16(17,18)19/h4-7H,3,8-9H2,1-2H3,(H,21,23)(H,24,25). The summed E-state index contributed by atoms with van der Waals surface area (Å²) in [6.45, 7) is 2.40. The van der Waals surface area contributed by atoms with Crippen LogP contribution in [0.3, 0.4) is 0 Å². The van der Waals surface area contributed by atoms with E-state index >= 15 is 0 Å². The van der Waals surface area contributed by atoms with E-state index in [9.17, 15) is 27.9 Å². The van der Waals surface area contributed by atoms with Gasteiger partial charge in [0, 0.05) is 0 Å². The predicted octanol–water partition coefficient (Wildman–Crippen LogP) is 2.81. The molecule has 0 aliphatic heterocycles. The predicted molar refractivity (Wildman–Crippen MR) is 83.8 cm³/mol. The molecule has 1 heterocycles. The third-order valence-corrected chi connectivity index (χ3v) is 3.85. The van der Waals surface area contributed by atoms with Crippen molar-refractivity contribution >= 4 is 22.9 Å². The zero-order valence-electron chi connectivity index (χ0n) is 13.7. The van der Waals surface area contributed by atoms with Crippen LogP contribution in [0.4, 0.5) is 13.2 Å². The lowest BCUT2D eigenvalue weighted by molar-refractivity contribution is -0.149. The van der Waals surface area contributed by atoms with Gasteiger partial charge in [0.2, 0.25) is 11.7 Å². The molecule has 1 aromatic heterocycles. The maximum absolute atomic E-state index is 13.2. The Kier molecular flexibility index (Phi) is 5.05. The quantitative estimate of drug-likeness (QED) is 0.833. The number of carbonyl (C=O) groups excluding carboxylic acids is 1. The van der Waals surface area contributed by atoms with Gasteiger partial charge in [-0.2, -0.15) is 13.2 Å². The average molecular weight is 357 g/mol. The number of hydrogen-bond donors (Lipinski definition) is 2. The molecule has 25 heavy (non-hydrogen) atoms. The van der Waals surface area contributed by atoms with Crippen molar-refractivity contribution in [3.8, 4) is 0 Å². The van der Waals surface area contributed by atoms with Crippen molar-refractivity contribution in [2.24, 2.45) is 0 Å². The zero-order chi connectivity index (χ0) is 18.8. The van der Waals surface area contributed by atoms with Crippen LogP contribution in [0.2, 0.25) is 0 Å². The van der Waals surface area contributed by atoms with E-state index in [0.717, 1.165) is 4.57 Å². The molecule has 9 heteroatoms. The first kappa shape index (κ1) is 18.8. The number of amides is 1. The van der Waals surface area contributed by atoms with Gasteiger partial charge in [-0.1, -0.05) is 25.5 Å². The molecular formula is C16H18F3N3O3. The number of fused-ring (bicyclic) bond motifs is 1. The summed E-state index contributed by atoms with van der Waals surface area (Å²) < 4.78 is 40.4. The van der Waals surface area contributed by atoms with Crippen LogP contribution in [0.5, 0.6) is 0 Å². The monoisotopic (exact) mass is 357 g/mol. The highest BCUT2D eigenvalue weighted by molar-refractivity contribution is 5.87. The zero-order valence-corrected chi connectivity index (χ0v) is 13.7. The number of nitrogens with one attached hydrogen (secondary N) is 1. The number of carboxylic acid groups (broad SMARTS) is 1. The molecule has 0 fully saturated rings. The summed E-state index contributed by atoms with van der Waals surface area (Å²) in [7, 11) is 0. The molecule has 0 spiro atoms.